The molecule has 0 saturated carbocycles. The Balaban J connectivity index is 2.14. The van der Waals surface area contributed by atoms with Gasteiger partial charge in [0, 0.05) is 13.0 Å². The first-order valence-electron chi connectivity index (χ1n) is 7.66. The second-order valence-electron chi connectivity index (χ2n) is 5.33. The number of halogens is 1. The molecule has 0 spiro atoms. The van der Waals surface area contributed by atoms with Gasteiger partial charge in [-0.15, -0.1) is 0 Å². The minimum Gasteiger partial charge on any atom is -0.352 e. The topological polar surface area (TPSA) is 29.1 Å². The van der Waals surface area contributed by atoms with E-state index in [0.717, 1.165) is 24.3 Å². The highest BCUT2D eigenvalue weighted by molar-refractivity contribution is 5.75. The third kappa shape index (κ3) is 6.69. The summed E-state index contributed by atoms with van der Waals surface area (Å²) in [7, 11) is 0. The third-order valence-electron chi connectivity index (χ3n) is 3.80. The molecule has 0 aliphatic heterocycles. The number of carbonyl (C=O) groups is 1. The van der Waals surface area contributed by atoms with Crippen LogP contribution in [0.1, 0.15) is 57.9 Å². The summed E-state index contributed by atoms with van der Waals surface area (Å²) in [6.07, 6.45) is 6.27. The first kappa shape index (κ1) is 16.7. The molecule has 0 radical (unpaired) electrons. The van der Waals surface area contributed by atoms with Crippen LogP contribution in [0.2, 0.25) is 0 Å². The lowest BCUT2D eigenvalue weighted by atomic mass is 9.96. The van der Waals surface area contributed by atoms with E-state index in [0.29, 0.717) is 13.0 Å². The standard InChI is InChI=1S/C17H26FNO/c1-3-14(4-2)8-5-6-11-17(20)19-13-15-9-7-10-16(18)12-15/h7,9-10,12,14H,3-6,8,11,13H2,1-2H3,(H,19,20). The molecule has 0 aliphatic carbocycles. The van der Waals surface area contributed by atoms with Crippen molar-refractivity contribution in [1.29, 1.82) is 0 Å². The van der Waals surface area contributed by atoms with Gasteiger partial charge in [0.15, 0.2) is 0 Å². The number of unbranched alkanes of at least 4 members (excludes halogenated alkanes) is 1. The van der Waals surface area contributed by atoms with Crippen LogP contribution in [0.4, 0.5) is 4.39 Å². The molecule has 1 aromatic rings. The number of rotatable bonds is 9. The lowest BCUT2D eigenvalue weighted by Gasteiger charge is -2.11. The fourth-order valence-electron chi connectivity index (χ4n) is 2.35. The van der Waals surface area contributed by atoms with Gasteiger partial charge in [0.2, 0.25) is 5.91 Å². The quantitative estimate of drug-likeness (QED) is 0.665. The fourth-order valence-corrected chi connectivity index (χ4v) is 2.35. The molecule has 0 aromatic heterocycles. The minimum atomic E-state index is -0.262. The van der Waals surface area contributed by atoms with Crippen LogP contribution < -0.4 is 5.32 Å². The maximum absolute atomic E-state index is 13.0. The van der Waals surface area contributed by atoms with E-state index in [-0.39, 0.29) is 11.7 Å². The van der Waals surface area contributed by atoms with E-state index in [2.05, 4.69) is 19.2 Å². The smallest absolute Gasteiger partial charge is 0.220 e. The summed E-state index contributed by atoms with van der Waals surface area (Å²) in [6.45, 7) is 4.85. The van der Waals surface area contributed by atoms with Crippen LogP contribution in [0.3, 0.4) is 0 Å². The minimum absolute atomic E-state index is 0.0545. The van der Waals surface area contributed by atoms with E-state index < -0.39 is 0 Å². The van der Waals surface area contributed by atoms with Crippen molar-refractivity contribution in [3.8, 4) is 0 Å². The Hall–Kier alpha value is -1.38. The van der Waals surface area contributed by atoms with E-state index in [1.807, 2.05) is 6.07 Å². The monoisotopic (exact) mass is 279 g/mol. The highest BCUT2D eigenvalue weighted by atomic mass is 19.1. The Morgan fingerprint density at radius 2 is 2.00 bits per heavy atom. The maximum Gasteiger partial charge on any atom is 0.220 e. The van der Waals surface area contributed by atoms with Crippen molar-refractivity contribution in [2.45, 2.75) is 58.9 Å². The summed E-state index contributed by atoms with van der Waals surface area (Å²) in [5.41, 5.74) is 0.801. The summed E-state index contributed by atoms with van der Waals surface area (Å²) in [6, 6.07) is 6.33. The van der Waals surface area contributed by atoms with Gasteiger partial charge in [-0.1, -0.05) is 51.7 Å². The summed E-state index contributed by atoms with van der Waals surface area (Å²) in [5, 5.41) is 2.84. The molecular weight excluding hydrogens is 253 g/mol. The molecule has 0 saturated heterocycles. The Bertz CT molecular complexity index is 402. The van der Waals surface area contributed by atoms with Gasteiger partial charge in [0.05, 0.1) is 0 Å². The van der Waals surface area contributed by atoms with Gasteiger partial charge in [0.1, 0.15) is 5.82 Å². The number of amides is 1. The number of hydrogen-bond donors (Lipinski definition) is 1. The molecule has 2 nitrogen and oxygen atoms in total. The molecule has 1 rings (SSSR count). The van der Waals surface area contributed by atoms with E-state index >= 15 is 0 Å². The number of carbonyl (C=O) groups excluding carboxylic acids is 1. The summed E-state index contributed by atoms with van der Waals surface area (Å²) in [5.74, 6) is 0.589. The van der Waals surface area contributed by atoms with Gasteiger partial charge >= 0.3 is 0 Å². The lowest BCUT2D eigenvalue weighted by molar-refractivity contribution is -0.121. The van der Waals surface area contributed by atoms with Crippen LogP contribution in [-0.4, -0.2) is 5.91 Å². The zero-order valence-corrected chi connectivity index (χ0v) is 12.6. The maximum atomic E-state index is 13.0. The first-order chi connectivity index (χ1) is 9.65. The van der Waals surface area contributed by atoms with E-state index in [4.69, 9.17) is 0 Å². The molecule has 0 bridgehead atoms. The molecule has 0 fully saturated rings. The number of nitrogens with one attached hydrogen (secondary N) is 1. The molecule has 0 heterocycles. The van der Waals surface area contributed by atoms with Crippen LogP contribution in [0, 0.1) is 11.7 Å². The van der Waals surface area contributed by atoms with Gasteiger partial charge in [0.25, 0.3) is 0 Å². The Morgan fingerprint density at radius 3 is 2.65 bits per heavy atom. The molecule has 20 heavy (non-hydrogen) atoms. The van der Waals surface area contributed by atoms with Crippen LogP contribution in [-0.2, 0) is 11.3 Å². The largest absolute Gasteiger partial charge is 0.352 e. The number of benzene rings is 1. The highest BCUT2D eigenvalue weighted by Gasteiger charge is 2.05. The van der Waals surface area contributed by atoms with Crippen molar-refractivity contribution in [3.05, 3.63) is 35.6 Å². The fraction of sp³-hybridized carbons (Fsp3) is 0.588. The number of hydrogen-bond acceptors (Lipinski definition) is 1. The molecule has 1 N–H and O–H groups in total. The Morgan fingerprint density at radius 1 is 1.25 bits per heavy atom. The third-order valence-corrected chi connectivity index (χ3v) is 3.80. The molecule has 1 amide bonds. The predicted molar refractivity (Wildman–Crippen MR) is 80.8 cm³/mol. The van der Waals surface area contributed by atoms with E-state index in [1.165, 1.54) is 31.4 Å². The average molecular weight is 279 g/mol. The van der Waals surface area contributed by atoms with Crippen molar-refractivity contribution < 1.29 is 9.18 Å². The second-order valence-corrected chi connectivity index (χ2v) is 5.33. The summed E-state index contributed by atoms with van der Waals surface area (Å²) < 4.78 is 13.0. The van der Waals surface area contributed by atoms with Gasteiger partial charge in [-0.05, 0) is 30.0 Å². The lowest BCUT2D eigenvalue weighted by Crippen LogP contribution is -2.22. The van der Waals surface area contributed by atoms with Gasteiger partial charge < -0.3 is 5.32 Å². The molecule has 0 atom stereocenters. The molecule has 3 heteroatoms. The van der Waals surface area contributed by atoms with Gasteiger partial charge in [-0.2, -0.15) is 0 Å². The predicted octanol–water partition coefficient (Wildman–Crippen LogP) is 4.44. The molecule has 112 valence electrons. The van der Waals surface area contributed by atoms with Crippen molar-refractivity contribution in [3.63, 3.8) is 0 Å². The highest BCUT2D eigenvalue weighted by Crippen LogP contribution is 2.16. The second kappa shape index (κ2) is 9.51. The van der Waals surface area contributed by atoms with E-state index in [9.17, 15) is 9.18 Å². The zero-order valence-electron chi connectivity index (χ0n) is 12.6. The normalized spacial score (nSPS) is 10.8. The Kier molecular flexibility index (Phi) is 7.93. The summed E-state index contributed by atoms with van der Waals surface area (Å²) >= 11 is 0. The van der Waals surface area contributed by atoms with Crippen LogP contribution in [0.15, 0.2) is 24.3 Å². The average Bonchev–Trinajstić information content (AvgIpc) is 2.45. The van der Waals surface area contributed by atoms with Crippen molar-refractivity contribution >= 4 is 5.91 Å². The van der Waals surface area contributed by atoms with Gasteiger partial charge in [-0.3, -0.25) is 4.79 Å². The first-order valence-corrected chi connectivity index (χ1v) is 7.66. The molecular formula is C17H26FNO. The zero-order chi connectivity index (χ0) is 14.8. The van der Waals surface area contributed by atoms with E-state index in [1.54, 1.807) is 6.07 Å². The van der Waals surface area contributed by atoms with Crippen molar-refractivity contribution in [1.82, 2.24) is 5.32 Å². The van der Waals surface area contributed by atoms with Crippen LogP contribution in [0.25, 0.3) is 0 Å². The Labute approximate surface area is 121 Å². The molecule has 0 unspecified atom stereocenters. The van der Waals surface area contributed by atoms with Crippen molar-refractivity contribution in [2.75, 3.05) is 0 Å². The molecule has 0 aliphatic rings. The molecule has 1 aromatic carbocycles. The van der Waals surface area contributed by atoms with Gasteiger partial charge in [-0.25, -0.2) is 4.39 Å². The van der Waals surface area contributed by atoms with Crippen LogP contribution >= 0.6 is 0 Å². The van der Waals surface area contributed by atoms with Crippen molar-refractivity contribution in [2.24, 2.45) is 5.92 Å². The van der Waals surface area contributed by atoms with Crippen LogP contribution in [0.5, 0.6) is 0 Å². The SMILES string of the molecule is CCC(CC)CCCCC(=O)NCc1cccc(F)c1. The summed E-state index contributed by atoms with van der Waals surface area (Å²) in [4.78, 5) is 11.7.